The van der Waals surface area contributed by atoms with Crippen LogP contribution in [-0.2, 0) is 16.3 Å². The third kappa shape index (κ3) is 6.41. The molecule has 11 heteroatoms. The molecule has 0 aliphatic carbocycles. The Balaban J connectivity index is 0.00000364. The Morgan fingerprint density at radius 2 is 1.89 bits per heavy atom. The number of aromatic nitrogens is 2. The van der Waals surface area contributed by atoms with E-state index >= 15 is 0 Å². The first-order chi connectivity index (χ1) is 12.2. The first-order valence-corrected chi connectivity index (χ1v) is 11.4. The van der Waals surface area contributed by atoms with Crippen molar-refractivity contribution in [1.82, 2.24) is 19.6 Å². The van der Waals surface area contributed by atoms with Crippen LogP contribution in [0, 0.1) is 0 Å². The van der Waals surface area contributed by atoms with Crippen LogP contribution in [0.5, 0.6) is 0 Å². The van der Waals surface area contributed by atoms with Crippen molar-refractivity contribution in [2.45, 2.75) is 38.9 Å². The van der Waals surface area contributed by atoms with E-state index in [4.69, 9.17) is 0 Å². The maximum atomic E-state index is 12.2. The minimum atomic E-state index is -3.14. The van der Waals surface area contributed by atoms with Gasteiger partial charge in [-0.3, -0.25) is 4.99 Å². The molecule has 156 valence electrons. The standard InChI is InChI=1S/C16H30N6O2S2.HI/c1-6-13-19-15(25-20-13)22-10-8-21(9-11-22)14(17-5)18-7-12-26(23,24)16(2,3)4;/h6-12H2,1-5H3,(H,17,18);1H. The summed E-state index contributed by atoms with van der Waals surface area (Å²) < 4.78 is 28.0. The van der Waals surface area contributed by atoms with Gasteiger partial charge in [-0.2, -0.15) is 4.37 Å². The summed E-state index contributed by atoms with van der Waals surface area (Å²) >= 11 is 1.45. The molecule has 1 aromatic rings. The number of nitrogens with zero attached hydrogens (tertiary/aromatic N) is 5. The quantitative estimate of drug-likeness (QED) is 0.352. The molecule has 1 N–H and O–H groups in total. The Hall–Kier alpha value is -0.690. The number of halogens is 1. The summed E-state index contributed by atoms with van der Waals surface area (Å²) in [4.78, 5) is 13.2. The lowest BCUT2D eigenvalue weighted by Gasteiger charge is -2.36. The lowest BCUT2D eigenvalue weighted by atomic mass is 10.3. The molecule has 1 aromatic heterocycles. The summed E-state index contributed by atoms with van der Waals surface area (Å²) in [6.07, 6.45) is 0.852. The number of anilines is 1. The van der Waals surface area contributed by atoms with Gasteiger partial charge in [0.15, 0.2) is 15.8 Å². The number of hydrogen-bond donors (Lipinski definition) is 1. The molecule has 0 bridgehead atoms. The molecule has 0 atom stereocenters. The zero-order valence-electron chi connectivity index (χ0n) is 16.7. The van der Waals surface area contributed by atoms with Crippen molar-refractivity contribution in [1.29, 1.82) is 0 Å². The van der Waals surface area contributed by atoms with Crippen LogP contribution in [0.2, 0.25) is 0 Å². The molecule has 1 fully saturated rings. The number of sulfone groups is 1. The normalized spacial score (nSPS) is 16.3. The van der Waals surface area contributed by atoms with E-state index in [-0.39, 0.29) is 29.7 Å². The van der Waals surface area contributed by atoms with Gasteiger partial charge in [-0.15, -0.1) is 24.0 Å². The van der Waals surface area contributed by atoms with Crippen LogP contribution in [-0.4, -0.2) is 78.9 Å². The van der Waals surface area contributed by atoms with E-state index < -0.39 is 14.6 Å². The van der Waals surface area contributed by atoms with Crippen LogP contribution in [0.1, 0.15) is 33.5 Å². The van der Waals surface area contributed by atoms with Crippen LogP contribution in [0.4, 0.5) is 5.13 Å². The second kappa shape index (κ2) is 10.2. The predicted molar refractivity (Wildman–Crippen MR) is 123 cm³/mol. The topological polar surface area (TPSA) is 90.8 Å². The molecule has 0 unspecified atom stereocenters. The van der Waals surface area contributed by atoms with Crippen molar-refractivity contribution in [3.63, 3.8) is 0 Å². The van der Waals surface area contributed by atoms with Gasteiger partial charge in [-0.05, 0) is 20.8 Å². The summed E-state index contributed by atoms with van der Waals surface area (Å²) in [7, 11) is -1.41. The SMILES string of the molecule is CCc1nsc(N2CCN(C(=NC)NCCS(=O)(=O)C(C)(C)C)CC2)n1.I. The molecule has 0 saturated carbocycles. The second-order valence-corrected chi connectivity index (χ2v) is 10.8. The Morgan fingerprint density at radius 3 is 2.37 bits per heavy atom. The van der Waals surface area contributed by atoms with Crippen LogP contribution >= 0.6 is 35.5 Å². The summed E-state index contributed by atoms with van der Waals surface area (Å²) in [5.41, 5.74) is 0. The maximum absolute atomic E-state index is 12.2. The highest BCUT2D eigenvalue weighted by Crippen LogP contribution is 2.19. The van der Waals surface area contributed by atoms with Gasteiger partial charge >= 0.3 is 0 Å². The number of nitrogens with one attached hydrogen (secondary N) is 1. The lowest BCUT2D eigenvalue weighted by molar-refractivity contribution is 0.373. The molecule has 27 heavy (non-hydrogen) atoms. The molecule has 0 amide bonds. The van der Waals surface area contributed by atoms with Gasteiger partial charge in [0.05, 0.1) is 10.5 Å². The van der Waals surface area contributed by atoms with Gasteiger partial charge in [0.1, 0.15) is 5.82 Å². The fourth-order valence-corrected chi connectivity index (χ4v) is 4.35. The minimum Gasteiger partial charge on any atom is -0.355 e. The van der Waals surface area contributed by atoms with Gasteiger partial charge in [0.2, 0.25) is 5.13 Å². The maximum Gasteiger partial charge on any atom is 0.205 e. The van der Waals surface area contributed by atoms with Gasteiger partial charge in [-0.1, -0.05) is 6.92 Å². The van der Waals surface area contributed by atoms with E-state index in [1.54, 1.807) is 27.8 Å². The number of rotatable bonds is 5. The highest BCUT2D eigenvalue weighted by molar-refractivity contribution is 14.0. The summed E-state index contributed by atoms with van der Waals surface area (Å²) in [5, 5.41) is 4.16. The van der Waals surface area contributed by atoms with Gasteiger partial charge in [-0.25, -0.2) is 13.4 Å². The molecular formula is C16H31IN6O2S2. The van der Waals surface area contributed by atoms with Crippen LogP contribution < -0.4 is 10.2 Å². The number of guanidine groups is 1. The van der Waals surface area contributed by atoms with Crippen molar-refractivity contribution in [3.05, 3.63) is 5.82 Å². The molecule has 2 rings (SSSR count). The van der Waals surface area contributed by atoms with E-state index in [0.29, 0.717) is 6.54 Å². The number of aryl methyl sites for hydroxylation is 1. The molecule has 2 heterocycles. The smallest absolute Gasteiger partial charge is 0.205 e. The fourth-order valence-electron chi connectivity index (χ4n) is 2.56. The van der Waals surface area contributed by atoms with Crippen LogP contribution in [0.15, 0.2) is 4.99 Å². The Kier molecular flexibility index (Phi) is 9.19. The van der Waals surface area contributed by atoms with Crippen molar-refractivity contribution >= 4 is 56.4 Å². The van der Waals surface area contributed by atoms with E-state index in [1.165, 1.54) is 11.5 Å². The van der Waals surface area contributed by atoms with Gasteiger partial charge in [0.25, 0.3) is 0 Å². The molecule has 0 aromatic carbocycles. The van der Waals surface area contributed by atoms with E-state index in [9.17, 15) is 8.42 Å². The number of piperazine rings is 1. The highest BCUT2D eigenvalue weighted by atomic mass is 127. The van der Waals surface area contributed by atoms with Crippen molar-refractivity contribution in [3.8, 4) is 0 Å². The first-order valence-electron chi connectivity index (χ1n) is 8.93. The largest absolute Gasteiger partial charge is 0.355 e. The first kappa shape index (κ1) is 24.3. The summed E-state index contributed by atoms with van der Waals surface area (Å²) in [5.74, 6) is 1.74. The molecule has 0 radical (unpaired) electrons. The second-order valence-electron chi connectivity index (χ2n) is 7.23. The zero-order valence-corrected chi connectivity index (χ0v) is 20.7. The lowest BCUT2D eigenvalue weighted by Crippen LogP contribution is -2.53. The zero-order chi connectivity index (χ0) is 19.4. The average molecular weight is 531 g/mol. The van der Waals surface area contributed by atoms with E-state index in [2.05, 4.69) is 36.4 Å². The third-order valence-electron chi connectivity index (χ3n) is 4.42. The average Bonchev–Trinajstić information content (AvgIpc) is 3.07. The molecule has 8 nitrogen and oxygen atoms in total. The van der Waals surface area contributed by atoms with Crippen molar-refractivity contribution < 1.29 is 8.42 Å². The molecule has 0 spiro atoms. The van der Waals surface area contributed by atoms with Crippen LogP contribution in [0.3, 0.4) is 0 Å². The minimum absolute atomic E-state index is 0. The van der Waals surface area contributed by atoms with Crippen molar-refractivity contribution in [2.24, 2.45) is 4.99 Å². The van der Waals surface area contributed by atoms with Crippen LogP contribution in [0.25, 0.3) is 0 Å². The fraction of sp³-hybridized carbons (Fsp3) is 0.812. The van der Waals surface area contributed by atoms with Gasteiger partial charge in [0, 0.05) is 57.7 Å². The molecule has 1 aliphatic rings. The molecular weight excluding hydrogens is 499 g/mol. The summed E-state index contributed by atoms with van der Waals surface area (Å²) in [6.45, 7) is 10.9. The molecule has 1 aliphatic heterocycles. The van der Waals surface area contributed by atoms with E-state index in [1.807, 2.05) is 0 Å². The highest BCUT2D eigenvalue weighted by Gasteiger charge is 2.28. The predicted octanol–water partition coefficient (Wildman–Crippen LogP) is 1.63. The monoisotopic (exact) mass is 530 g/mol. The Bertz CT molecular complexity index is 722. The number of aliphatic imine (C=N–C) groups is 1. The Labute approximate surface area is 183 Å². The van der Waals surface area contributed by atoms with Crippen molar-refractivity contribution in [2.75, 3.05) is 50.4 Å². The van der Waals surface area contributed by atoms with E-state index in [0.717, 1.165) is 49.5 Å². The third-order valence-corrected chi connectivity index (χ3v) is 7.84. The van der Waals surface area contributed by atoms with Gasteiger partial charge < -0.3 is 15.1 Å². The molecule has 1 saturated heterocycles. The summed E-state index contributed by atoms with van der Waals surface area (Å²) in [6, 6.07) is 0. The number of hydrogen-bond acceptors (Lipinski definition) is 7. The Morgan fingerprint density at radius 1 is 1.26 bits per heavy atom.